The number of hydrogen-bond acceptors (Lipinski definition) is 3. The van der Waals surface area contributed by atoms with E-state index in [0.29, 0.717) is 19.1 Å². The van der Waals surface area contributed by atoms with Gasteiger partial charge in [0.25, 0.3) is 0 Å². The van der Waals surface area contributed by atoms with Crippen molar-refractivity contribution in [2.45, 2.75) is 58.9 Å². The van der Waals surface area contributed by atoms with Crippen molar-refractivity contribution in [2.75, 3.05) is 25.9 Å². The highest BCUT2D eigenvalue weighted by Crippen LogP contribution is 2.02. The molecule has 0 aromatic rings. The number of aliphatic imine (C=N–C) groups is 1. The van der Waals surface area contributed by atoms with Crippen LogP contribution in [0.2, 0.25) is 0 Å². The van der Waals surface area contributed by atoms with Gasteiger partial charge in [0.05, 0.1) is 5.75 Å². The van der Waals surface area contributed by atoms with Gasteiger partial charge in [0, 0.05) is 26.2 Å². The largest absolute Gasteiger partial charge is 0.356 e. The summed E-state index contributed by atoms with van der Waals surface area (Å²) in [6.45, 7) is 7.12. The summed E-state index contributed by atoms with van der Waals surface area (Å²) in [5.41, 5.74) is 0. The van der Waals surface area contributed by atoms with E-state index in [-0.39, 0.29) is 5.75 Å². The van der Waals surface area contributed by atoms with Gasteiger partial charge in [-0.1, -0.05) is 26.2 Å². The lowest BCUT2D eigenvalue weighted by Gasteiger charge is -2.17. The third-order valence-corrected chi connectivity index (χ3v) is 4.60. The highest BCUT2D eigenvalue weighted by molar-refractivity contribution is 7.89. The van der Waals surface area contributed by atoms with Crippen molar-refractivity contribution in [3.05, 3.63) is 0 Å². The average molecular weight is 321 g/mol. The minimum atomic E-state index is -3.08. The monoisotopic (exact) mass is 320 g/mol. The fourth-order valence-corrected chi connectivity index (χ4v) is 2.49. The van der Waals surface area contributed by atoms with Crippen LogP contribution in [0, 0.1) is 0 Å². The zero-order valence-corrected chi connectivity index (χ0v) is 14.7. The van der Waals surface area contributed by atoms with Gasteiger partial charge in [0.15, 0.2) is 5.96 Å². The lowest BCUT2D eigenvalue weighted by molar-refractivity contribution is 0.545. The molecule has 0 saturated carbocycles. The van der Waals surface area contributed by atoms with Crippen molar-refractivity contribution < 1.29 is 8.42 Å². The molecular weight excluding hydrogens is 288 g/mol. The molecule has 21 heavy (non-hydrogen) atoms. The van der Waals surface area contributed by atoms with Crippen LogP contribution in [0.1, 0.15) is 52.9 Å². The van der Waals surface area contributed by atoms with Gasteiger partial charge in [-0.3, -0.25) is 4.99 Å². The Hall–Kier alpha value is -0.820. The zero-order chi connectivity index (χ0) is 16.1. The van der Waals surface area contributed by atoms with E-state index in [0.717, 1.165) is 18.8 Å². The molecule has 1 unspecified atom stereocenters. The molecule has 0 aliphatic rings. The molecule has 0 heterocycles. The molecule has 0 aliphatic carbocycles. The van der Waals surface area contributed by atoms with Crippen molar-refractivity contribution in [3.8, 4) is 0 Å². The molecule has 1 atom stereocenters. The fourth-order valence-electron chi connectivity index (χ4n) is 1.83. The highest BCUT2D eigenvalue weighted by atomic mass is 32.2. The third-order valence-electron chi connectivity index (χ3n) is 3.20. The van der Waals surface area contributed by atoms with Gasteiger partial charge in [-0.15, -0.1) is 0 Å². The van der Waals surface area contributed by atoms with Crippen LogP contribution in [0.25, 0.3) is 0 Å². The second-order valence-corrected chi connectivity index (χ2v) is 7.29. The maximum absolute atomic E-state index is 11.3. The van der Waals surface area contributed by atoms with Gasteiger partial charge in [0.2, 0.25) is 10.0 Å². The number of rotatable bonds is 11. The molecule has 7 heteroatoms. The lowest BCUT2D eigenvalue weighted by Crippen LogP contribution is -2.43. The molecular formula is C14H32N4O2S. The molecule has 0 rings (SSSR count). The molecule has 0 radical (unpaired) electrons. The van der Waals surface area contributed by atoms with Crippen LogP contribution in [0.4, 0.5) is 0 Å². The van der Waals surface area contributed by atoms with Crippen molar-refractivity contribution in [3.63, 3.8) is 0 Å². The summed E-state index contributed by atoms with van der Waals surface area (Å²) < 4.78 is 25.1. The highest BCUT2D eigenvalue weighted by Gasteiger charge is 2.06. The maximum Gasteiger partial charge on any atom is 0.211 e. The molecule has 0 amide bonds. The number of sulfonamides is 1. The summed E-state index contributed by atoms with van der Waals surface area (Å²) in [6, 6.07) is 0.390. The Bertz CT molecular complexity index is 382. The van der Waals surface area contributed by atoms with Crippen molar-refractivity contribution in [1.82, 2.24) is 15.4 Å². The van der Waals surface area contributed by atoms with E-state index in [2.05, 4.69) is 34.2 Å². The molecule has 3 N–H and O–H groups in total. The Morgan fingerprint density at radius 2 is 1.86 bits per heavy atom. The second-order valence-electron chi connectivity index (χ2n) is 5.19. The third kappa shape index (κ3) is 11.5. The van der Waals surface area contributed by atoms with E-state index >= 15 is 0 Å². The Kier molecular flexibility index (Phi) is 11.3. The maximum atomic E-state index is 11.3. The predicted octanol–water partition coefficient (Wildman–Crippen LogP) is 1.45. The Labute approximate surface area is 130 Å². The first kappa shape index (κ1) is 20.2. The molecule has 0 fully saturated rings. The summed E-state index contributed by atoms with van der Waals surface area (Å²) in [7, 11) is -1.34. The number of unbranched alkanes of at least 4 members (excludes halogenated alkanes) is 2. The minimum absolute atomic E-state index is 0.124. The first-order valence-corrected chi connectivity index (χ1v) is 9.54. The van der Waals surface area contributed by atoms with Gasteiger partial charge >= 0.3 is 0 Å². The van der Waals surface area contributed by atoms with Crippen LogP contribution < -0.4 is 15.4 Å². The predicted molar refractivity (Wildman–Crippen MR) is 90.2 cm³/mol. The van der Waals surface area contributed by atoms with Crippen LogP contribution >= 0.6 is 0 Å². The molecule has 0 bridgehead atoms. The van der Waals surface area contributed by atoms with E-state index in [9.17, 15) is 8.42 Å². The number of nitrogens with one attached hydrogen (secondary N) is 3. The standard InChI is InChI=1S/C14H32N4O2S/c1-5-7-8-10-13(3)18-14(15-4)16-11-9-12-17-21(19,20)6-2/h13,17H,5-12H2,1-4H3,(H2,15,16,18). The summed E-state index contributed by atoms with van der Waals surface area (Å²) in [4.78, 5) is 4.17. The van der Waals surface area contributed by atoms with Gasteiger partial charge in [-0.25, -0.2) is 13.1 Å². The van der Waals surface area contributed by atoms with Gasteiger partial charge < -0.3 is 10.6 Å². The zero-order valence-electron chi connectivity index (χ0n) is 13.9. The average Bonchev–Trinajstić information content (AvgIpc) is 2.45. The summed E-state index contributed by atoms with van der Waals surface area (Å²) in [5, 5.41) is 6.54. The summed E-state index contributed by atoms with van der Waals surface area (Å²) in [6.07, 6.45) is 5.57. The van der Waals surface area contributed by atoms with Gasteiger partial charge in [0.1, 0.15) is 0 Å². The smallest absolute Gasteiger partial charge is 0.211 e. The van der Waals surface area contributed by atoms with Crippen LogP contribution in [-0.2, 0) is 10.0 Å². The van der Waals surface area contributed by atoms with Crippen LogP contribution in [0.15, 0.2) is 4.99 Å². The number of nitrogens with zero attached hydrogens (tertiary/aromatic N) is 1. The SMILES string of the molecule is CCCCCC(C)NC(=NC)NCCCNS(=O)(=O)CC. The van der Waals surface area contributed by atoms with Crippen molar-refractivity contribution in [1.29, 1.82) is 0 Å². The van der Waals surface area contributed by atoms with E-state index < -0.39 is 10.0 Å². The number of hydrogen-bond donors (Lipinski definition) is 3. The van der Waals surface area contributed by atoms with E-state index in [4.69, 9.17) is 0 Å². The van der Waals surface area contributed by atoms with Gasteiger partial charge in [-0.05, 0) is 26.7 Å². The number of guanidine groups is 1. The fraction of sp³-hybridized carbons (Fsp3) is 0.929. The molecule has 0 aliphatic heterocycles. The van der Waals surface area contributed by atoms with Crippen LogP contribution in [0.5, 0.6) is 0 Å². The quantitative estimate of drug-likeness (QED) is 0.306. The molecule has 0 aromatic carbocycles. The topological polar surface area (TPSA) is 82.6 Å². The minimum Gasteiger partial charge on any atom is -0.356 e. The molecule has 6 nitrogen and oxygen atoms in total. The summed E-state index contributed by atoms with van der Waals surface area (Å²) in [5.74, 6) is 0.899. The second kappa shape index (κ2) is 11.8. The molecule has 126 valence electrons. The Morgan fingerprint density at radius 1 is 1.14 bits per heavy atom. The molecule has 0 spiro atoms. The van der Waals surface area contributed by atoms with E-state index in [1.165, 1.54) is 19.3 Å². The van der Waals surface area contributed by atoms with Crippen molar-refractivity contribution in [2.24, 2.45) is 4.99 Å². The normalized spacial score (nSPS) is 14.0. The van der Waals surface area contributed by atoms with Crippen LogP contribution in [0.3, 0.4) is 0 Å². The first-order chi connectivity index (χ1) is 9.95. The first-order valence-electron chi connectivity index (χ1n) is 7.89. The Balaban J connectivity index is 3.81. The van der Waals surface area contributed by atoms with Gasteiger partial charge in [-0.2, -0.15) is 0 Å². The lowest BCUT2D eigenvalue weighted by atomic mass is 10.1. The Morgan fingerprint density at radius 3 is 2.43 bits per heavy atom. The van der Waals surface area contributed by atoms with Crippen molar-refractivity contribution >= 4 is 16.0 Å². The summed E-state index contributed by atoms with van der Waals surface area (Å²) >= 11 is 0. The van der Waals surface area contributed by atoms with E-state index in [1.807, 2.05) is 0 Å². The molecule has 0 aromatic heterocycles. The molecule has 0 saturated heterocycles. The van der Waals surface area contributed by atoms with Crippen LogP contribution in [-0.4, -0.2) is 46.3 Å². The van der Waals surface area contributed by atoms with E-state index in [1.54, 1.807) is 14.0 Å².